The summed E-state index contributed by atoms with van der Waals surface area (Å²) in [6.45, 7) is 6.26. The van der Waals surface area contributed by atoms with E-state index in [0.29, 0.717) is 6.54 Å². The summed E-state index contributed by atoms with van der Waals surface area (Å²) in [5.74, 6) is 2.59. The van der Waals surface area contributed by atoms with E-state index in [1.807, 2.05) is 0 Å². The summed E-state index contributed by atoms with van der Waals surface area (Å²) in [7, 11) is 0. The second-order valence-electron chi connectivity index (χ2n) is 6.67. The van der Waals surface area contributed by atoms with Crippen LogP contribution >= 0.6 is 11.8 Å². The van der Waals surface area contributed by atoms with Gasteiger partial charge < -0.3 is 20.7 Å². The number of hydrogen-bond donors (Lipinski definition) is 4. The minimum atomic E-state index is -0.638. The molecule has 3 rings (SSSR count). The summed E-state index contributed by atoms with van der Waals surface area (Å²) < 4.78 is 0. The van der Waals surface area contributed by atoms with Crippen LogP contribution in [0.1, 0.15) is 24.6 Å². The number of H-pyrrole nitrogens is 1. The highest BCUT2D eigenvalue weighted by molar-refractivity contribution is 7.99. The Labute approximate surface area is 153 Å². The summed E-state index contributed by atoms with van der Waals surface area (Å²) in [5, 5.41) is 18.4. The lowest BCUT2D eigenvalue weighted by molar-refractivity contribution is 0.0778. The normalized spacial score (nSPS) is 21.0. The molecule has 1 aliphatic rings. The third-order valence-electron chi connectivity index (χ3n) is 4.65. The number of nitrogens with one attached hydrogen (secondary N) is 3. The van der Waals surface area contributed by atoms with Crippen LogP contribution < -0.4 is 10.6 Å². The van der Waals surface area contributed by atoms with Gasteiger partial charge in [0.25, 0.3) is 0 Å². The van der Waals surface area contributed by atoms with E-state index in [-0.39, 0.29) is 0 Å². The first kappa shape index (κ1) is 18.1. The van der Waals surface area contributed by atoms with E-state index in [4.69, 9.17) is 0 Å². The van der Waals surface area contributed by atoms with Crippen LogP contribution in [0.3, 0.4) is 0 Å². The van der Waals surface area contributed by atoms with Crippen LogP contribution in [0.5, 0.6) is 0 Å². The van der Waals surface area contributed by atoms with E-state index in [1.165, 1.54) is 22.2 Å². The minimum Gasteiger partial charge on any atom is -0.387 e. The molecular weight excluding hydrogens is 332 g/mol. The van der Waals surface area contributed by atoms with Crippen LogP contribution in [-0.4, -0.2) is 52.8 Å². The second-order valence-corrected chi connectivity index (χ2v) is 7.78. The molecule has 6 heteroatoms. The van der Waals surface area contributed by atoms with E-state index in [9.17, 15) is 5.11 Å². The van der Waals surface area contributed by atoms with Crippen LogP contribution in [0.4, 0.5) is 0 Å². The molecule has 1 unspecified atom stereocenters. The molecule has 0 amide bonds. The highest BCUT2D eigenvalue weighted by Gasteiger charge is 2.31. The third-order valence-corrected chi connectivity index (χ3v) is 5.89. The molecule has 1 aliphatic heterocycles. The number of aromatic amines is 1. The Morgan fingerprint density at radius 1 is 1.36 bits per heavy atom. The van der Waals surface area contributed by atoms with E-state index in [0.717, 1.165) is 43.4 Å². The van der Waals surface area contributed by atoms with Gasteiger partial charge in [0.1, 0.15) is 0 Å². The van der Waals surface area contributed by atoms with Gasteiger partial charge in [0.2, 0.25) is 0 Å². The summed E-state index contributed by atoms with van der Waals surface area (Å²) in [4.78, 5) is 8.04. The van der Waals surface area contributed by atoms with Crippen molar-refractivity contribution in [3.05, 3.63) is 35.5 Å². The van der Waals surface area contributed by atoms with Crippen LogP contribution in [0.15, 0.2) is 29.3 Å². The lowest BCUT2D eigenvalue weighted by atomic mass is 10.1. The maximum absolute atomic E-state index is 10.5. The van der Waals surface area contributed by atoms with Crippen LogP contribution in [0.25, 0.3) is 10.9 Å². The monoisotopic (exact) mass is 360 g/mol. The van der Waals surface area contributed by atoms with Crippen molar-refractivity contribution in [3.8, 4) is 0 Å². The molecule has 0 aliphatic carbocycles. The van der Waals surface area contributed by atoms with Gasteiger partial charge in [-0.1, -0.05) is 18.2 Å². The van der Waals surface area contributed by atoms with Gasteiger partial charge in [-0.3, -0.25) is 4.99 Å². The van der Waals surface area contributed by atoms with Gasteiger partial charge in [0.15, 0.2) is 5.96 Å². The number of nitrogens with zero attached hydrogens (tertiary/aromatic N) is 1. The predicted molar refractivity (Wildman–Crippen MR) is 108 cm³/mol. The number of fused-ring (bicyclic) bond motifs is 1. The van der Waals surface area contributed by atoms with Gasteiger partial charge in [-0.2, -0.15) is 11.8 Å². The Balaban J connectivity index is 1.60. The quantitative estimate of drug-likeness (QED) is 0.472. The van der Waals surface area contributed by atoms with Gasteiger partial charge in [-0.25, -0.2) is 0 Å². The second kappa shape index (κ2) is 8.15. The fourth-order valence-corrected chi connectivity index (χ4v) is 4.54. The molecule has 25 heavy (non-hydrogen) atoms. The number of aryl methyl sites for hydroxylation is 1. The van der Waals surface area contributed by atoms with Gasteiger partial charge in [-0.05, 0) is 44.1 Å². The number of para-hydroxylation sites is 1. The molecule has 0 saturated carbocycles. The van der Waals surface area contributed by atoms with Crippen molar-refractivity contribution < 1.29 is 5.11 Å². The van der Waals surface area contributed by atoms with E-state index >= 15 is 0 Å². The van der Waals surface area contributed by atoms with E-state index in [1.54, 1.807) is 11.8 Å². The van der Waals surface area contributed by atoms with Crippen molar-refractivity contribution in [1.29, 1.82) is 0 Å². The first-order valence-corrected chi connectivity index (χ1v) is 10.2. The summed E-state index contributed by atoms with van der Waals surface area (Å²) >= 11 is 1.80. The Hall–Kier alpha value is -1.66. The molecule has 1 aromatic heterocycles. The Kier molecular flexibility index (Phi) is 5.91. The average Bonchev–Trinajstić information content (AvgIpc) is 3.17. The molecule has 136 valence electrons. The topological polar surface area (TPSA) is 72.4 Å². The van der Waals surface area contributed by atoms with Crippen molar-refractivity contribution in [1.82, 2.24) is 15.6 Å². The van der Waals surface area contributed by atoms with Crippen LogP contribution in [-0.2, 0) is 6.42 Å². The molecule has 1 aromatic carbocycles. The Morgan fingerprint density at radius 2 is 2.20 bits per heavy atom. The molecule has 0 spiro atoms. The summed E-state index contributed by atoms with van der Waals surface area (Å²) in [6.07, 6.45) is 1.76. The number of aliphatic imine (C=N–C) groups is 1. The molecule has 1 atom stereocenters. The SMILES string of the molecule is CCNC(=NCC1(O)CCSC1)NCCc1c(C)[nH]c2ccccc12. The molecular formula is C19H28N4OS. The molecule has 1 saturated heterocycles. The maximum atomic E-state index is 10.5. The van der Waals surface area contributed by atoms with Crippen molar-refractivity contribution in [2.75, 3.05) is 31.1 Å². The predicted octanol–water partition coefficient (Wildman–Crippen LogP) is 2.44. The van der Waals surface area contributed by atoms with Crippen molar-refractivity contribution in [2.45, 2.75) is 32.3 Å². The van der Waals surface area contributed by atoms with Crippen molar-refractivity contribution in [2.24, 2.45) is 4.99 Å². The largest absolute Gasteiger partial charge is 0.387 e. The maximum Gasteiger partial charge on any atom is 0.191 e. The molecule has 0 bridgehead atoms. The van der Waals surface area contributed by atoms with Gasteiger partial charge in [0.05, 0.1) is 12.1 Å². The molecule has 4 N–H and O–H groups in total. The first-order valence-electron chi connectivity index (χ1n) is 9.00. The molecule has 1 fully saturated rings. The fraction of sp³-hybridized carbons (Fsp3) is 0.526. The standard InChI is InChI=1S/C19H28N4OS/c1-3-20-18(22-12-19(24)9-11-25-13-19)21-10-8-15-14(2)23-17-7-5-4-6-16(15)17/h4-7,23-24H,3,8-13H2,1-2H3,(H2,20,21,22). The number of hydrogen-bond acceptors (Lipinski definition) is 3. The number of thioether (sulfide) groups is 1. The highest BCUT2D eigenvalue weighted by atomic mass is 32.2. The van der Waals surface area contributed by atoms with Gasteiger partial charge in [-0.15, -0.1) is 0 Å². The lowest BCUT2D eigenvalue weighted by Crippen LogP contribution is -2.40. The minimum absolute atomic E-state index is 0.460. The fourth-order valence-electron chi connectivity index (χ4n) is 3.25. The smallest absolute Gasteiger partial charge is 0.191 e. The van der Waals surface area contributed by atoms with E-state index in [2.05, 4.69) is 58.7 Å². The zero-order valence-electron chi connectivity index (χ0n) is 15.1. The Morgan fingerprint density at radius 3 is 2.96 bits per heavy atom. The zero-order valence-corrected chi connectivity index (χ0v) is 15.9. The van der Waals surface area contributed by atoms with Crippen LogP contribution in [0.2, 0.25) is 0 Å². The number of aromatic nitrogens is 1. The van der Waals surface area contributed by atoms with Gasteiger partial charge in [0, 0.05) is 35.4 Å². The van der Waals surface area contributed by atoms with Crippen molar-refractivity contribution >= 4 is 28.6 Å². The summed E-state index contributed by atoms with van der Waals surface area (Å²) in [6, 6.07) is 8.42. The van der Waals surface area contributed by atoms with Gasteiger partial charge >= 0.3 is 0 Å². The van der Waals surface area contributed by atoms with Crippen LogP contribution in [0, 0.1) is 6.92 Å². The average molecular weight is 361 g/mol. The first-order chi connectivity index (χ1) is 12.1. The number of rotatable bonds is 6. The molecule has 2 heterocycles. The number of aliphatic hydroxyl groups is 1. The lowest BCUT2D eigenvalue weighted by Gasteiger charge is -2.19. The molecule has 0 radical (unpaired) electrons. The van der Waals surface area contributed by atoms with Crippen molar-refractivity contribution in [3.63, 3.8) is 0 Å². The van der Waals surface area contributed by atoms with E-state index < -0.39 is 5.60 Å². The highest BCUT2D eigenvalue weighted by Crippen LogP contribution is 2.27. The molecule has 5 nitrogen and oxygen atoms in total. The zero-order chi connectivity index (χ0) is 17.7. The summed E-state index contributed by atoms with van der Waals surface area (Å²) in [5.41, 5.74) is 3.13. The number of guanidine groups is 1. The Bertz CT molecular complexity index is 734. The molecule has 2 aromatic rings. The third kappa shape index (κ3) is 4.50. The number of benzene rings is 1.